The molecule has 1 aliphatic rings. The largest absolute Gasteiger partial charge is 0.333 e. The Kier molecular flexibility index (Phi) is 3.86. The summed E-state index contributed by atoms with van der Waals surface area (Å²) in [5.41, 5.74) is -0.0769. The molecule has 0 aliphatic carbocycles. The first-order valence-corrected chi connectivity index (χ1v) is 6.07. The van der Waals surface area contributed by atoms with Gasteiger partial charge in [-0.15, -0.1) is 0 Å². The van der Waals surface area contributed by atoms with Crippen LogP contribution in [0.25, 0.3) is 0 Å². The number of amides is 4. The van der Waals surface area contributed by atoms with Crippen LogP contribution in [0.3, 0.4) is 0 Å². The van der Waals surface area contributed by atoms with Crippen LogP contribution in [0.5, 0.6) is 0 Å². The van der Waals surface area contributed by atoms with Gasteiger partial charge in [0.25, 0.3) is 0 Å². The topological polar surface area (TPSA) is 57.7 Å². The van der Waals surface area contributed by atoms with Crippen LogP contribution in [0.4, 0.5) is 4.79 Å². The Labute approximate surface area is 107 Å². The molecule has 0 radical (unpaired) electrons. The number of hydrogen-bond donors (Lipinski definition) is 1. The third kappa shape index (κ3) is 2.62. The quantitative estimate of drug-likeness (QED) is 0.467. The van der Waals surface area contributed by atoms with Crippen LogP contribution in [0.1, 0.15) is 20.8 Å². The maximum absolute atomic E-state index is 11.7. The summed E-state index contributed by atoms with van der Waals surface area (Å²) < 4.78 is 0. The van der Waals surface area contributed by atoms with Gasteiger partial charge in [-0.3, -0.25) is 19.4 Å². The standard InChI is InChI=1S/C11H18N2O3S/c1-11(2,3)7(6-17)5-13-9(15)8(14)12(4)10(13)16/h7,17H,5-6H2,1-4H3. The highest BCUT2D eigenvalue weighted by Gasteiger charge is 2.43. The van der Waals surface area contributed by atoms with Crippen molar-refractivity contribution in [2.75, 3.05) is 19.3 Å². The number of thiol groups is 1. The lowest BCUT2D eigenvalue weighted by Crippen LogP contribution is -2.40. The van der Waals surface area contributed by atoms with E-state index < -0.39 is 17.8 Å². The summed E-state index contributed by atoms with van der Waals surface area (Å²) in [6, 6.07) is -0.545. The number of nitrogens with zero attached hydrogens (tertiary/aromatic N) is 2. The minimum atomic E-state index is -0.762. The highest BCUT2D eigenvalue weighted by Crippen LogP contribution is 2.28. The van der Waals surface area contributed by atoms with Crippen LogP contribution in [-0.4, -0.2) is 47.0 Å². The number of carbonyl (C=O) groups is 3. The van der Waals surface area contributed by atoms with Gasteiger partial charge in [0.15, 0.2) is 0 Å². The van der Waals surface area contributed by atoms with Crippen LogP contribution in [0.15, 0.2) is 0 Å². The van der Waals surface area contributed by atoms with Crippen molar-refractivity contribution in [3.63, 3.8) is 0 Å². The second kappa shape index (κ2) is 4.68. The van der Waals surface area contributed by atoms with E-state index in [1.54, 1.807) is 0 Å². The molecule has 0 bridgehead atoms. The summed E-state index contributed by atoms with van der Waals surface area (Å²) in [4.78, 5) is 36.5. The van der Waals surface area contributed by atoms with Crippen molar-refractivity contribution >= 4 is 30.5 Å². The number of hydrogen-bond acceptors (Lipinski definition) is 4. The molecule has 6 heteroatoms. The first-order valence-electron chi connectivity index (χ1n) is 5.44. The van der Waals surface area contributed by atoms with E-state index in [1.807, 2.05) is 20.8 Å². The average Bonchev–Trinajstić information content (AvgIpc) is 2.40. The maximum atomic E-state index is 11.7. The third-order valence-electron chi connectivity index (χ3n) is 3.10. The van der Waals surface area contributed by atoms with E-state index in [-0.39, 0.29) is 17.9 Å². The lowest BCUT2D eigenvalue weighted by atomic mass is 9.81. The second-order valence-electron chi connectivity index (χ2n) is 5.31. The van der Waals surface area contributed by atoms with Crippen molar-refractivity contribution < 1.29 is 14.4 Å². The average molecular weight is 258 g/mol. The molecule has 17 heavy (non-hydrogen) atoms. The van der Waals surface area contributed by atoms with Crippen LogP contribution < -0.4 is 0 Å². The normalized spacial score (nSPS) is 19.2. The molecule has 1 atom stereocenters. The van der Waals surface area contributed by atoms with Crippen molar-refractivity contribution in [2.24, 2.45) is 11.3 Å². The summed E-state index contributed by atoms with van der Waals surface area (Å²) >= 11 is 4.24. The fourth-order valence-corrected chi connectivity index (χ4v) is 2.26. The Morgan fingerprint density at radius 3 is 2.00 bits per heavy atom. The molecule has 5 nitrogen and oxygen atoms in total. The van der Waals surface area contributed by atoms with Gasteiger partial charge >= 0.3 is 17.8 Å². The number of carbonyl (C=O) groups excluding carboxylic acids is 3. The first-order chi connectivity index (χ1) is 7.70. The molecule has 0 aromatic heterocycles. The molecule has 0 saturated carbocycles. The van der Waals surface area contributed by atoms with E-state index in [2.05, 4.69) is 12.6 Å². The molecule has 0 aromatic rings. The highest BCUT2D eigenvalue weighted by atomic mass is 32.1. The summed E-state index contributed by atoms with van der Waals surface area (Å²) in [5, 5.41) is 0. The van der Waals surface area contributed by atoms with Crippen molar-refractivity contribution in [3.05, 3.63) is 0 Å². The Balaban J connectivity index is 2.85. The lowest BCUT2D eigenvalue weighted by molar-refractivity contribution is -0.143. The fraction of sp³-hybridized carbons (Fsp3) is 0.727. The Morgan fingerprint density at radius 1 is 1.18 bits per heavy atom. The van der Waals surface area contributed by atoms with Gasteiger partial charge < -0.3 is 0 Å². The van der Waals surface area contributed by atoms with Gasteiger partial charge in [0.05, 0.1) is 0 Å². The molecule has 0 spiro atoms. The summed E-state index contributed by atoms with van der Waals surface area (Å²) in [6.45, 7) is 6.29. The van der Waals surface area contributed by atoms with Crippen LogP contribution in [0.2, 0.25) is 0 Å². The molecule has 96 valence electrons. The minimum absolute atomic E-state index is 0.0537. The molecule has 1 saturated heterocycles. The van der Waals surface area contributed by atoms with Gasteiger partial charge in [0.1, 0.15) is 0 Å². The second-order valence-corrected chi connectivity index (χ2v) is 5.67. The minimum Gasteiger partial charge on any atom is -0.263 e. The van der Waals surface area contributed by atoms with Crippen LogP contribution in [-0.2, 0) is 9.59 Å². The van der Waals surface area contributed by atoms with Gasteiger partial charge in [0.2, 0.25) is 0 Å². The van der Waals surface area contributed by atoms with E-state index >= 15 is 0 Å². The molecule has 1 heterocycles. The molecule has 1 unspecified atom stereocenters. The molecular formula is C11H18N2O3S. The third-order valence-corrected chi connectivity index (χ3v) is 3.54. The maximum Gasteiger partial charge on any atom is 0.333 e. The monoisotopic (exact) mass is 258 g/mol. The zero-order valence-corrected chi connectivity index (χ0v) is 11.5. The van der Waals surface area contributed by atoms with E-state index in [4.69, 9.17) is 0 Å². The summed E-state index contributed by atoms with van der Waals surface area (Å²) in [5.74, 6) is -0.897. The Morgan fingerprint density at radius 2 is 1.71 bits per heavy atom. The molecule has 1 fully saturated rings. The van der Waals surface area contributed by atoms with E-state index in [1.165, 1.54) is 7.05 Å². The Hall–Kier alpha value is -1.04. The summed E-state index contributed by atoms with van der Waals surface area (Å²) in [6.07, 6.45) is 0. The molecule has 1 rings (SSSR count). The van der Waals surface area contributed by atoms with Crippen molar-refractivity contribution in [1.82, 2.24) is 9.80 Å². The SMILES string of the molecule is CN1C(=O)C(=O)N(CC(CS)C(C)(C)C)C1=O. The predicted molar refractivity (Wildman–Crippen MR) is 66.7 cm³/mol. The van der Waals surface area contributed by atoms with Crippen molar-refractivity contribution in [1.29, 1.82) is 0 Å². The van der Waals surface area contributed by atoms with Gasteiger partial charge in [-0.25, -0.2) is 4.79 Å². The van der Waals surface area contributed by atoms with Crippen molar-refractivity contribution in [2.45, 2.75) is 20.8 Å². The number of rotatable bonds is 3. The highest BCUT2D eigenvalue weighted by molar-refractivity contribution is 7.80. The molecule has 1 aliphatic heterocycles. The van der Waals surface area contributed by atoms with E-state index in [9.17, 15) is 14.4 Å². The number of likely N-dealkylation sites (N-methyl/N-ethyl adjacent to an activating group) is 1. The zero-order chi connectivity index (χ0) is 13.4. The number of imide groups is 2. The smallest absolute Gasteiger partial charge is 0.263 e. The molecule has 4 amide bonds. The van der Waals surface area contributed by atoms with Crippen LogP contribution >= 0.6 is 12.6 Å². The van der Waals surface area contributed by atoms with Gasteiger partial charge in [-0.2, -0.15) is 12.6 Å². The molecule has 0 N–H and O–H groups in total. The summed E-state index contributed by atoms with van der Waals surface area (Å²) in [7, 11) is 1.31. The van der Waals surface area contributed by atoms with Gasteiger partial charge in [-0.1, -0.05) is 20.8 Å². The fourth-order valence-electron chi connectivity index (χ4n) is 1.60. The molecule has 0 aromatic carbocycles. The zero-order valence-electron chi connectivity index (χ0n) is 10.6. The molecular weight excluding hydrogens is 240 g/mol. The predicted octanol–water partition coefficient (Wildman–Crippen LogP) is 0.999. The van der Waals surface area contributed by atoms with E-state index in [0.29, 0.717) is 5.75 Å². The van der Waals surface area contributed by atoms with Crippen LogP contribution in [0, 0.1) is 11.3 Å². The van der Waals surface area contributed by atoms with E-state index in [0.717, 1.165) is 9.80 Å². The van der Waals surface area contributed by atoms with Gasteiger partial charge in [-0.05, 0) is 17.1 Å². The number of urea groups is 1. The lowest BCUT2D eigenvalue weighted by Gasteiger charge is -2.31. The Bertz CT molecular complexity index is 362. The van der Waals surface area contributed by atoms with Crippen molar-refractivity contribution in [3.8, 4) is 0 Å². The van der Waals surface area contributed by atoms with Gasteiger partial charge in [0, 0.05) is 13.6 Å². The first kappa shape index (κ1) is 14.0.